The number of rotatable bonds is 7. The summed E-state index contributed by atoms with van der Waals surface area (Å²) >= 11 is 2.15. The van der Waals surface area contributed by atoms with Gasteiger partial charge in [-0.3, -0.25) is 14.5 Å². The summed E-state index contributed by atoms with van der Waals surface area (Å²) in [6.07, 6.45) is 3.17. The molecule has 2 aliphatic heterocycles. The third-order valence-corrected chi connectivity index (χ3v) is 12.8. The Hall–Kier alpha value is -0.913. The highest BCUT2D eigenvalue weighted by atomic mass is 127. The Bertz CT molecular complexity index is 919. The molecule has 0 saturated carbocycles. The van der Waals surface area contributed by atoms with Crippen LogP contribution in [0.2, 0.25) is 18.1 Å². The molecule has 3 heterocycles. The van der Waals surface area contributed by atoms with Gasteiger partial charge in [-0.05, 0) is 80.0 Å². The smallest absolute Gasteiger partial charge is 0.271 e. The van der Waals surface area contributed by atoms with Crippen LogP contribution in [0.5, 0.6) is 5.75 Å². The molecule has 1 saturated heterocycles. The number of pyridine rings is 1. The molecule has 0 bridgehead atoms. The van der Waals surface area contributed by atoms with Crippen molar-refractivity contribution in [1.29, 1.82) is 0 Å². The monoisotopic (exact) mass is 575 g/mol. The molecule has 1 fully saturated rings. The van der Waals surface area contributed by atoms with E-state index in [4.69, 9.17) is 9.16 Å². The second kappa shape index (κ2) is 9.75. The van der Waals surface area contributed by atoms with Crippen LogP contribution in [-0.2, 0) is 4.43 Å². The van der Waals surface area contributed by atoms with Gasteiger partial charge in [-0.15, -0.1) is 0 Å². The van der Waals surface area contributed by atoms with Crippen molar-refractivity contribution in [2.75, 3.05) is 33.4 Å². The van der Waals surface area contributed by atoms with Gasteiger partial charge in [0.05, 0.1) is 35.1 Å². The number of hydrogen-bond acceptors (Lipinski definition) is 5. The molecule has 1 aromatic rings. The summed E-state index contributed by atoms with van der Waals surface area (Å²) in [5.74, 6) is -0.137. The van der Waals surface area contributed by atoms with Crippen LogP contribution in [0.25, 0.3) is 0 Å². The number of likely N-dealkylation sites (tertiary alicyclic amines) is 1. The number of ether oxygens (including phenoxy) is 1. The molecule has 1 aromatic heterocycles. The van der Waals surface area contributed by atoms with Gasteiger partial charge in [0.15, 0.2) is 19.8 Å². The van der Waals surface area contributed by atoms with E-state index in [0.29, 0.717) is 22.4 Å². The summed E-state index contributed by atoms with van der Waals surface area (Å²) in [4.78, 5) is 28.9. The second-order valence-corrected chi connectivity index (χ2v) is 16.2. The van der Waals surface area contributed by atoms with Crippen molar-refractivity contribution in [2.45, 2.75) is 77.2 Å². The maximum atomic E-state index is 13.2. The number of nitrogens with one attached hydrogen (secondary N) is 1. The SMILES string of the molecule is CCNC(=O)c1c(OC)c(=O)c(I)c2n1[C@H](CO[Si](C)(C)C(C)(C)C)C[C@H]2N1CCCC1. The van der Waals surface area contributed by atoms with E-state index in [1.54, 1.807) is 0 Å². The zero-order chi connectivity index (χ0) is 23.8. The highest BCUT2D eigenvalue weighted by Crippen LogP contribution is 2.45. The van der Waals surface area contributed by atoms with Gasteiger partial charge in [-0.1, -0.05) is 20.8 Å². The fourth-order valence-electron chi connectivity index (χ4n) is 4.51. The molecule has 9 heteroatoms. The summed E-state index contributed by atoms with van der Waals surface area (Å²) < 4.78 is 14.9. The molecule has 180 valence electrons. The van der Waals surface area contributed by atoms with Gasteiger partial charge in [0.25, 0.3) is 5.91 Å². The predicted octanol–water partition coefficient (Wildman–Crippen LogP) is 4.31. The van der Waals surface area contributed by atoms with Crippen LogP contribution < -0.4 is 15.5 Å². The highest BCUT2D eigenvalue weighted by molar-refractivity contribution is 14.1. The Morgan fingerprint density at radius 2 is 1.88 bits per heavy atom. The zero-order valence-electron chi connectivity index (χ0n) is 20.5. The predicted molar refractivity (Wildman–Crippen MR) is 138 cm³/mol. The average molecular weight is 576 g/mol. The lowest BCUT2D eigenvalue weighted by Gasteiger charge is -2.37. The molecule has 32 heavy (non-hydrogen) atoms. The zero-order valence-corrected chi connectivity index (χ0v) is 23.7. The molecule has 1 amide bonds. The molecule has 0 aliphatic carbocycles. The topological polar surface area (TPSA) is 72.8 Å². The third-order valence-electron chi connectivity index (χ3n) is 7.30. The van der Waals surface area contributed by atoms with E-state index in [1.807, 2.05) is 6.92 Å². The summed E-state index contributed by atoms with van der Waals surface area (Å²) in [7, 11) is -0.507. The van der Waals surface area contributed by atoms with E-state index in [-0.39, 0.29) is 34.2 Å². The Morgan fingerprint density at radius 1 is 1.25 bits per heavy atom. The molecular weight excluding hydrogens is 537 g/mol. The van der Waals surface area contributed by atoms with E-state index in [9.17, 15) is 9.59 Å². The molecule has 0 radical (unpaired) electrons. The van der Waals surface area contributed by atoms with Gasteiger partial charge in [-0.2, -0.15) is 0 Å². The molecule has 0 spiro atoms. The maximum absolute atomic E-state index is 13.2. The van der Waals surface area contributed by atoms with Gasteiger partial charge in [0.2, 0.25) is 5.43 Å². The Balaban J connectivity index is 2.14. The number of carbonyl (C=O) groups excluding carboxylic acids is 1. The van der Waals surface area contributed by atoms with E-state index in [0.717, 1.165) is 25.2 Å². The number of halogens is 1. The second-order valence-electron chi connectivity index (χ2n) is 10.4. The van der Waals surface area contributed by atoms with Gasteiger partial charge in [0, 0.05) is 6.54 Å². The van der Waals surface area contributed by atoms with Gasteiger partial charge in [-0.25, -0.2) is 0 Å². The molecular formula is C23H38IN3O4Si. The Morgan fingerprint density at radius 3 is 2.41 bits per heavy atom. The van der Waals surface area contributed by atoms with E-state index < -0.39 is 8.32 Å². The first-order valence-corrected chi connectivity index (χ1v) is 15.6. The van der Waals surface area contributed by atoms with Crippen molar-refractivity contribution in [3.8, 4) is 5.75 Å². The molecule has 0 unspecified atom stereocenters. The lowest BCUT2D eigenvalue weighted by molar-refractivity contribution is 0.0937. The third kappa shape index (κ3) is 4.67. The summed E-state index contributed by atoms with van der Waals surface area (Å²) in [6.45, 7) is 16.1. The number of methoxy groups -OCH3 is 1. The largest absolute Gasteiger partial charge is 0.491 e. The minimum Gasteiger partial charge on any atom is -0.491 e. The summed E-state index contributed by atoms with van der Waals surface area (Å²) in [5.41, 5.74) is 1.08. The number of hydrogen-bond donors (Lipinski definition) is 1. The van der Waals surface area contributed by atoms with Crippen LogP contribution in [0, 0.1) is 3.57 Å². The minimum absolute atomic E-state index is 0.0228. The van der Waals surface area contributed by atoms with Crippen LogP contribution in [0.15, 0.2) is 4.79 Å². The average Bonchev–Trinajstić information content (AvgIpc) is 3.36. The number of fused-ring (bicyclic) bond motifs is 1. The minimum atomic E-state index is -1.98. The molecule has 1 N–H and O–H groups in total. The Labute approximate surface area is 206 Å². The molecule has 2 aliphatic rings. The highest BCUT2D eigenvalue weighted by Gasteiger charge is 2.44. The fraction of sp³-hybridized carbons (Fsp3) is 0.739. The van der Waals surface area contributed by atoms with Crippen molar-refractivity contribution < 1.29 is 14.0 Å². The number of carbonyl (C=O) groups is 1. The standard InChI is InChI=1S/C23H38IN3O4Si/c1-8-25-22(29)19-21(30-5)20(28)17(24)18-16(26-11-9-10-12-26)13-15(27(18)19)14-31-32(6,7)23(2,3)4/h15-16H,8-14H2,1-7H3,(H,25,29)/t15-,16+/m0/s1. The summed E-state index contributed by atoms with van der Waals surface area (Å²) in [5, 5.41) is 2.99. The lowest BCUT2D eigenvalue weighted by Crippen LogP contribution is -2.42. The first-order chi connectivity index (χ1) is 14.9. The first kappa shape index (κ1) is 25.7. The fourth-order valence-corrected chi connectivity index (χ4v) is 6.41. The van der Waals surface area contributed by atoms with Crippen LogP contribution in [0.4, 0.5) is 0 Å². The molecule has 3 rings (SSSR count). The van der Waals surface area contributed by atoms with Crippen LogP contribution in [-0.4, -0.2) is 57.0 Å². The number of nitrogens with zero attached hydrogens (tertiary/aromatic N) is 2. The quantitative estimate of drug-likeness (QED) is 0.388. The molecule has 0 aromatic carbocycles. The van der Waals surface area contributed by atoms with Crippen molar-refractivity contribution in [2.24, 2.45) is 0 Å². The molecule has 7 nitrogen and oxygen atoms in total. The van der Waals surface area contributed by atoms with Crippen molar-refractivity contribution in [3.05, 3.63) is 25.2 Å². The van der Waals surface area contributed by atoms with Crippen molar-refractivity contribution >= 4 is 36.8 Å². The van der Waals surface area contributed by atoms with Gasteiger partial charge >= 0.3 is 0 Å². The van der Waals surface area contributed by atoms with Gasteiger partial charge < -0.3 is 19.0 Å². The van der Waals surface area contributed by atoms with Gasteiger partial charge in [0.1, 0.15) is 0 Å². The van der Waals surface area contributed by atoms with E-state index in [2.05, 4.69) is 71.2 Å². The Kier molecular flexibility index (Phi) is 7.83. The summed E-state index contributed by atoms with van der Waals surface area (Å²) in [6, 6.07) is 0.0922. The molecule has 2 atom stereocenters. The number of amides is 1. The maximum Gasteiger partial charge on any atom is 0.271 e. The first-order valence-electron chi connectivity index (χ1n) is 11.6. The van der Waals surface area contributed by atoms with E-state index in [1.165, 1.54) is 20.0 Å². The van der Waals surface area contributed by atoms with Crippen molar-refractivity contribution in [3.63, 3.8) is 0 Å². The van der Waals surface area contributed by atoms with Crippen molar-refractivity contribution in [1.82, 2.24) is 14.8 Å². The van der Waals surface area contributed by atoms with E-state index >= 15 is 0 Å². The number of aromatic nitrogens is 1. The lowest BCUT2D eigenvalue weighted by atomic mass is 10.1. The normalized spacial score (nSPS) is 21.6. The van der Waals surface area contributed by atoms with Crippen LogP contribution in [0.3, 0.4) is 0 Å². The van der Waals surface area contributed by atoms with Crippen LogP contribution >= 0.6 is 22.6 Å². The van der Waals surface area contributed by atoms with Crippen LogP contribution in [0.1, 0.15) is 75.2 Å².